The van der Waals surface area contributed by atoms with Gasteiger partial charge in [-0.25, -0.2) is 0 Å². The van der Waals surface area contributed by atoms with Crippen molar-refractivity contribution in [2.45, 2.75) is 33.1 Å². The number of nitrogens with zero attached hydrogens (tertiary/aromatic N) is 2. The van der Waals surface area contributed by atoms with E-state index < -0.39 is 0 Å². The fourth-order valence-electron chi connectivity index (χ4n) is 2.41. The van der Waals surface area contributed by atoms with Crippen LogP contribution in [0.3, 0.4) is 0 Å². The molecule has 1 amide bonds. The van der Waals surface area contributed by atoms with Crippen molar-refractivity contribution in [1.82, 2.24) is 15.1 Å². The molecule has 0 saturated carbocycles. The van der Waals surface area contributed by atoms with Crippen LogP contribution in [-0.4, -0.2) is 68.1 Å². The maximum Gasteiger partial charge on any atom is 0.234 e. The van der Waals surface area contributed by atoms with E-state index in [4.69, 9.17) is 5.73 Å². The first-order valence-electron chi connectivity index (χ1n) is 8.03. The lowest BCUT2D eigenvalue weighted by molar-refractivity contribution is -0.122. The lowest BCUT2D eigenvalue weighted by Gasteiger charge is -2.34. The molecule has 118 valence electrons. The highest BCUT2D eigenvalue weighted by molar-refractivity contribution is 5.77. The number of rotatable bonds is 9. The number of unbranched alkanes of at least 4 members (excludes halogenated alkanes) is 1. The van der Waals surface area contributed by atoms with E-state index in [1.54, 1.807) is 0 Å². The van der Waals surface area contributed by atoms with Crippen LogP contribution in [0.4, 0.5) is 0 Å². The summed E-state index contributed by atoms with van der Waals surface area (Å²) in [5, 5.41) is 3.01. The molecule has 0 aromatic heterocycles. The minimum absolute atomic E-state index is 0.169. The van der Waals surface area contributed by atoms with Gasteiger partial charge in [0, 0.05) is 32.7 Å². The van der Waals surface area contributed by atoms with E-state index in [2.05, 4.69) is 29.0 Å². The predicted octanol–water partition coefficient (Wildman–Crippen LogP) is 0.505. The highest BCUT2D eigenvalue weighted by Crippen LogP contribution is 2.03. The first-order chi connectivity index (χ1) is 9.61. The van der Waals surface area contributed by atoms with Crippen molar-refractivity contribution in [2.24, 2.45) is 11.7 Å². The molecule has 0 aromatic carbocycles. The van der Waals surface area contributed by atoms with Crippen molar-refractivity contribution in [1.29, 1.82) is 0 Å². The second kappa shape index (κ2) is 10.1. The summed E-state index contributed by atoms with van der Waals surface area (Å²) in [5.41, 5.74) is 5.51. The van der Waals surface area contributed by atoms with Gasteiger partial charge in [0.25, 0.3) is 0 Å². The number of carbonyl (C=O) groups excluding carboxylic acids is 1. The zero-order chi connectivity index (χ0) is 14.8. The van der Waals surface area contributed by atoms with Gasteiger partial charge in [0.15, 0.2) is 0 Å². The Morgan fingerprint density at radius 2 is 1.80 bits per heavy atom. The highest BCUT2D eigenvalue weighted by Gasteiger charge is 2.18. The van der Waals surface area contributed by atoms with Crippen molar-refractivity contribution in [2.75, 3.05) is 52.4 Å². The lowest BCUT2D eigenvalue weighted by atomic mass is 10.1. The van der Waals surface area contributed by atoms with Gasteiger partial charge >= 0.3 is 0 Å². The van der Waals surface area contributed by atoms with Crippen LogP contribution in [-0.2, 0) is 4.79 Å². The normalized spacial score (nSPS) is 17.6. The number of piperazine rings is 1. The average molecular weight is 284 g/mol. The summed E-state index contributed by atoms with van der Waals surface area (Å²) in [5.74, 6) is 0.814. The maximum absolute atomic E-state index is 11.8. The van der Waals surface area contributed by atoms with E-state index in [0.29, 0.717) is 12.5 Å². The van der Waals surface area contributed by atoms with Crippen LogP contribution in [0.15, 0.2) is 0 Å². The second-order valence-electron chi connectivity index (χ2n) is 6.15. The highest BCUT2D eigenvalue weighted by atomic mass is 16.2. The van der Waals surface area contributed by atoms with Crippen LogP contribution in [0.2, 0.25) is 0 Å². The Balaban J connectivity index is 2.07. The topological polar surface area (TPSA) is 61.6 Å². The first-order valence-corrected chi connectivity index (χ1v) is 8.03. The van der Waals surface area contributed by atoms with Gasteiger partial charge in [-0.15, -0.1) is 0 Å². The minimum atomic E-state index is 0.169. The fourth-order valence-corrected chi connectivity index (χ4v) is 2.41. The van der Waals surface area contributed by atoms with E-state index in [-0.39, 0.29) is 5.91 Å². The van der Waals surface area contributed by atoms with Gasteiger partial charge < -0.3 is 16.0 Å². The summed E-state index contributed by atoms with van der Waals surface area (Å²) in [7, 11) is 0. The Kier molecular flexibility index (Phi) is 8.82. The summed E-state index contributed by atoms with van der Waals surface area (Å²) >= 11 is 0. The zero-order valence-electron chi connectivity index (χ0n) is 13.2. The molecule has 5 heteroatoms. The Morgan fingerprint density at radius 1 is 1.15 bits per heavy atom. The van der Waals surface area contributed by atoms with Crippen molar-refractivity contribution in [3.8, 4) is 0 Å². The minimum Gasteiger partial charge on any atom is -0.355 e. The second-order valence-corrected chi connectivity index (χ2v) is 6.15. The monoisotopic (exact) mass is 284 g/mol. The van der Waals surface area contributed by atoms with Gasteiger partial charge in [-0.3, -0.25) is 9.69 Å². The van der Waals surface area contributed by atoms with Gasteiger partial charge in [0.05, 0.1) is 6.54 Å². The molecule has 0 spiro atoms. The van der Waals surface area contributed by atoms with E-state index in [0.717, 1.165) is 58.7 Å². The summed E-state index contributed by atoms with van der Waals surface area (Å²) in [6.07, 6.45) is 3.35. The van der Waals surface area contributed by atoms with E-state index in [1.165, 1.54) is 6.42 Å². The molecule has 1 heterocycles. The molecule has 1 fully saturated rings. The third kappa shape index (κ3) is 7.82. The molecule has 0 bridgehead atoms. The van der Waals surface area contributed by atoms with Gasteiger partial charge in [0.2, 0.25) is 5.91 Å². The lowest BCUT2D eigenvalue weighted by Crippen LogP contribution is -2.49. The molecule has 1 saturated heterocycles. The fraction of sp³-hybridized carbons (Fsp3) is 0.933. The van der Waals surface area contributed by atoms with Gasteiger partial charge in [0.1, 0.15) is 0 Å². The third-order valence-corrected chi connectivity index (χ3v) is 3.80. The van der Waals surface area contributed by atoms with Crippen LogP contribution < -0.4 is 11.1 Å². The standard InChI is InChI=1S/C15H32N4O/c1-14(2)5-7-17-15(20)13-19-11-9-18(10-12-19)8-4-3-6-16/h14H,3-13,16H2,1-2H3,(H,17,20). The summed E-state index contributed by atoms with van der Waals surface area (Å²) in [6.45, 7) is 11.8. The Labute approximate surface area is 123 Å². The van der Waals surface area contributed by atoms with Crippen molar-refractivity contribution in [3.63, 3.8) is 0 Å². The predicted molar refractivity (Wildman–Crippen MR) is 83.6 cm³/mol. The van der Waals surface area contributed by atoms with Gasteiger partial charge in [-0.1, -0.05) is 13.8 Å². The van der Waals surface area contributed by atoms with Crippen LogP contribution in [0.25, 0.3) is 0 Å². The third-order valence-electron chi connectivity index (χ3n) is 3.80. The van der Waals surface area contributed by atoms with Crippen LogP contribution in [0, 0.1) is 5.92 Å². The number of carbonyl (C=O) groups is 1. The molecular weight excluding hydrogens is 252 g/mol. The Morgan fingerprint density at radius 3 is 2.40 bits per heavy atom. The number of nitrogens with two attached hydrogens (primary N) is 1. The first kappa shape index (κ1) is 17.4. The summed E-state index contributed by atoms with van der Waals surface area (Å²) < 4.78 is 0. The number of nitrogens with one attached hydrogen (secondary N) is 1. The number of amides is 1. The SMILES string of the molecule is CC(C)CCNC(=O)CN1CCN(CCCCN)CC1. The Hall–Kier alpha value is -0.650. The van der Waals surface area contributed by atoms with E-state index in [1.807, 2.05) is 0 Å². The van der Waals surface area contributed by atoms with Crippen LogP contribution >= 0.6 is 0 Å². The van der Waals surface area contributed by atoms with Crippen molar-refractivity contribution >= 4 is 5.91 Å². The molecule has 5 nitrogen and oxygen atoms in total. The molecule has 1 aliphatic heterocycles. The molecule has 1 aliphatic rings. The van der Waals surface area contributed by atoms with E-state index >= 15 is 0 Å². The molecule has 0 radical (unpaired) electrons. The Bertz CT molecular complexity index is 263. The maximum atomic E-state index is 11.8. The molecule has 0 unspecified atom stereocenters. The molecule has 20 heavy (non-hydrogen) atoms. The van der Waals surface area contributed by atoms with Gasteiger partial charge in [-0.05, 0) is 38.3 Å². The molecule has 0 atom stereocenters. The van der Waals surface area contributed by atoms with Crippen LogP contribution in [0.1, 0.15) is 33.1 Å². The van der Waals surface area contributed by atoms with Crippen molar-refractivity contribution in [3.05, 3.63) is 0 Å². The molecule has 0 aliphatic carbocycles. The molecule has 1 rings (SSSR count). The average Bonchev–Trinajstić information content (AvgIpc) is 2.40. The molecule has 3 N–H and O–H groups in total. The van der Waals surface area contributed by atoms with Crippen LogP contribution in [0.5, 0.6) is 0 Å². The smallest absolute Gasteiger partial charge is 0.234 e. The summed E-state index contributed by atoms with van der Waals surface area (Å²) in [4.78, 5) is 16.5. The molecular formula is C15H32N4O. The summed E-state index contributed by atoms with van der Waals surface area (Å²) in [6, 6.07) is 0. The number of hydrogen-bond donors (Lipinski definition) is 2. The van der Waals surface area contributed by atoms with Crippen molar-refractivity contribution < 1.29 is 4.79 Å². The van der Waals surface area contributed by atoms with Gasteiger partial charge in [-0.2, -0.15) is 0 Å². The quantitative estimate of drug-likeness (QED) is 0.606. The zero-order valence-corrected chi connectivity index (χ0v) is 13.2. The van der Waals surface area contributed by atoms with E-state index in [9.17, 15) is 4.79 Å². The molecule has 0 aromatic rings. The largest absolute Gasteiger partial charge is 0.355 e. The number of hydrogen-bond acceptors (Lipinski definition) is 4.